The molecule has 3 heterocycles. The third kappa shape index (κ3) is 4.67. The Labute approximate surface area is 204 Å². The van der Waals surface area contributed by atoms with E-state index >= 15 is 0 Å². The van der Waals surface area contributed by atoms with Crippen LogP contribution in [0.2, 0.25) is 5.02 Å². The molecule has 2 aromatic heterocycles. The van der Waals surface area contributed by atoms with Gasteiger partial charge >= 0.3 is 5.63 Å². The number of anilines is 2. The maximum absolute atomic E-state index is 12.2. The van der Waals surface area contributed by atoms with E-state index in [-0.39, 0.29) is 5.91 Å². The fourth-order valence-corrected chi connectivity index (χ4v) is 5.21. The molecule has 1 aliphatic rings. The predicted molar refractivity (Wildman–Crippen MR) is 134 cm³/mol. The molecule has 0 spiro atoms. The van der Waals surface area contributed by atoms with Crippen LogP contribution in [0.4, 0.5) is 11.6 Å². The van der Waals surface area contributed by atoms with Gasteiger partial charge in [-0.15, -0.1) is 10.2 Å². The Morgan fingerprint density at radius 1 is 1.15 bits per heavy atom. The van der Waals surface area contributed by atoms with Crippen LogP contribution in [0.15, 0.2) is 62.9 Å². The number of thioether (sulfide) groups is 1. The number of fused-ring (bicyclic) bond motifs is 1. The molecule has 1 saturated heterocycles. The quantitative estimate of drug-likeness (QED) is 0.301. The van der Waals surface area contributed by atoms with Gasteiger partial charge in [0.2, 0.25) is 11.9 Å². The average Bonchev–Trinajstić information content (AvgIpc) is 3.46. The molecule has 10 heteroatoms. The highest BCUT2D eigenvalue weighted by atomic mass is 35.5. The van der Waals surface area contributed by atoms with Crippen molar-refractivity contribution in [1.82, 2.24) is 14.8 Å². The van der Waals surface area contributed by atoms with Gasteiger partial charge < -0.3 is 14.6 Å². The molecule has 0 saturated carbocycles. The molecule has 0 bridgehead atoms. The van der Waals surface area contributed by atoms with Gasteiger partial charge in [-0.25, -0.2) is 4.79 Å². The Hall–Kier alpha value is -3.30. The first kappa shape index (κ1) is 22.5. The standard InChI is InChI=1S/C24H22ClN5O3S/c1-15(31)26-18-7-8-20-16(11-22(32)33-21(20)13-18)14-34-24-28-27-23(29-9-2-3-10-29)30(24)19-6-4-5-17(25)12-19/h4-8,11-13H,2-3,9-10,14H2,1H3,(H,26,31). The van der Waals surface area contributed by atoms with E-state index in [0.717, 1.165) is 48.5 Å². The Morgan fingerprint density at radius 3 is 2.74 bits per heavy atom. The molecule has 1 amide bonds. The van der Waals surface area contributed by atoms with Gasteiger partial charge in [0.1, 0.15) is 5.58 Å². The number of carbonyl (C=O) groups excluding carboxylic acids is 1. The van der Waals surface area contributed by atoms with E-state index < -0.39 is 5.63 Å². The molecule has 1 fully saturated rings. The zero-order valence-electron chi connectivity index (χ0n) is 18.5. The summed E-state index contributed by atoms with van der Waals surface area (Å²) in [6, 6.07) is 14.4. The second-order valence-corrected chi connectivity index (χ2v) is 9.44. The highest BCUT2D eigenvalue weighted by Gasteiger charge is 2.23. The number of amides is 1. The van der Waals surface area contributed by atoms with Crippen LogP contribution < -0.4 is 15.8 Å². The molecule has 0 unspecified atom stereocenters. The minimum atomic E-state index is -0.447. The normalized spacial score (nSPS) is 13.5. The van der Waals surface area contributed by atoms with Crippen molar-refractivity contribution in [3.63, 3.8) is 0 Å². The highest BCUT2D eigenvalue weighted by molar-refractivity contribution is 7.98. The number of rotatable bonds is 6. The third-order valence-electron chi connectivity index (χ3n) is 5.58. The Balaban J connectivity index is 1.49. The lowest BCUT2D eigenvalue weighted by atomic mass is 10.1. The molecule has 34 heavy (non-hydrogen) atoms. The summed E-state index contributed by atoms with van der Waals surface area (Å²) in [5.41, 5.74) is 2.25. The summed E-state index contributed by atoms with van der Waals surface area (Å²) in [5.74, 6) is 1.09. The first-order valence-electron chi connectivity index (χ1n) is 10.9. The molecule has 174 valence electrons. The molecule has 8 nitrogen and oxygen atoms in total. The first-order chi connectivity index (χ1) is 16.5. The molecular weight excluding hydrogens is 474 g/mol. The van der Waals surface area contributed by atoms with Crippen LogP contribution in [0.1, 0.15) is 25.3 Å². The van der Waals surface area contributed by atoms with Crippen molar-refractivity contribution in [3.05, 3.63) is 69.5 Å². The van der Waals surface area contributed by atoms with E-state index in [9.17, 15) is 9.59 Å². The average molecular weight is 496 g/mol. The summed E-state index contributed by atoms with van der Waals surface area (Å²) in [7, 11) is 0. The Kier molecular flexibility index (Phi) is 6.30. The zero-order valence-corrected chi connectivity index (χ0v) is 20.0. The molecule has 0 aliphatic carbocycles. The number of hydrogen-bond donors (Lipinski definition) is 1. The Bertz CT molecular complexity index is 1430. The summed E-state index contributed by atoms with van der Waals surface area (Å²) in [6.07, 6.45) is 2.24. The van der Waals surface area contributed by atoms with E-state index in [0.29, 0.717) is 27.2 Å². The van der Waals surface area contributed by atoms with E-state index in [1.165, 1.54) is 24.8 Å². The lowest BCUT2D eigenvalue weighted by Gasteiger charge is -2.18. The minimum absolute atomic E-state index is 0.192. The van der Waals surface area contributed by atoms with Gasteiger partial charge in [0.25, 0.3) is 0 Å². The number of hydrogen-bond acceptors (Lipinski definition) is 7. The molecule has 1 aliphatic heterocycles. The van der Waals surface area contributed by atoms with Crippen LogP contribution >= 0.6 is 23.4 Å². The van der Waals surface area contributed by atoms with Gasteiger partial charge in [0, 0.05) is 54.0 Å². The highest BCUT2D eigenvalue weighted by Crippen LogP contribution is 2.32. The van der Waals surface area contributed by atoms with Crippen LogP contribution in [0, 0.1) is 0 Å². The fraction of sp³-hybridized carbons (Fsp3) is 0.250. The van der Waals surface area contributed by atoms with Gasteiger partial charge in [-0.05, 0) is 48.7 Å². The lowest BCUT2D eigenvalue weighted by molar-refractivity contribution is -0.114. The van der Waals surface area contributed by atoms with Gasteiger partial charge in [-0.2, -0.15) is 0 Å². The topological polar surface area (TPSA) is 93.3 Å². The van der Waals surface area contributed by atoms with Crippen LogP contribution in [0.3, 0.4) is 0 Å². The fourth-order valence-electron chi connectivity index (χ4n) is 4.09. The smallest absolute Gasteiger partial charge is 0.336 e. The third-order valence-corrected chi connectivity index (χ3v) is 6.79. The van der Waals surface area contributed by atoms with Crippen molar-refractivity contribution in [2.75, 3.05) is 23.3 Å². The number of benzene rings is 2. The van der Waals surface area contributed by atoms with Crippen molar-refractivity contribution in [1.29, 1.82) is 0 Å². The second kappa shape index (κ2) is 9.52. The van der Waals surface area contributed by atoms with Crippen LogP contribution in [-0.4, -0.2) is 33.8 Å². The van der Waals surface area contributed by atoms with Crippen LogP contribution in [-0.2, 0) is 10.5 Å². The Morgan fingerprint density at radius 2 is 1.97 bits per heavy atom. The summed E-state index contributed by atoms with van der Waals surface area (Å²) in [5, 5.41) is 13.8. The molecule has 4 aromatic rings. The number of nitrogens with zero attached hydrogens (tertiary/aromatic N) is 4. The zero-order chi connectivity index (χ0) is 23.7. The predicted octanol–water partition coefficient (Wildman–Crippen LogP) is 4.88. The summed E-state index contributed by atoms with van der Waals surface area (Å²) in [4.78, 5) is 25.8. The number of carbonyl (C=O) groups is 1. The maximum atomic E-state index is 12.2. The SMILES string of the molecule is CC(=O)Nc1ccc2c(CSc3nnc(N4CCCC4)n3-c3cccc(Cl)c3)cc(=O)oc2c1. The first-order valence-corrected chi connectivity index (χ1v) is 12.3. The van der Waals surface area contributed by atoms with Gasteiger partial charge in [-0.3, -0.25) is 9.36 Å². The molecule has 1 N–H and O–H groups in total. The summed E-state index contributed by atoms with van der Waals surface area (Å²) >= 11 is 7.77. The summed E-state index contributed by atoms with van der Waals surface area (Å²) < 4.78 is 7.40. The second-order valence-electron chi connectivity index (χ2n) is 8.06. The molecule has 0 atom stereocenters. The molecule has 0 radical (unpaired) electrons. The van der Waals surface area contributed by atoms with Crippen LogP contribution in [0.25, 0.3) is 16.7 Å². The van der Waals surface area contributed by atoms with Crippen molar-refractivity contribution in [2.24, 2.45) is 0 Å². The van der Waals surface area contributed by atoms with Crippen molar-refractivity contribution >= 4 is 51.9 Å². The molecule has 5 rings (SSSR count). The molecular formula is C24H22ClN5O3S. The van der Waals surface area contributed by atoms with E-state index in [2.05, 4.69) is 20.4 Å². The number of halogens is 1. The minimum Gasteiger partial charge on any atom is -0.423 e. The van der Waals surface area contributed by atoms with Gasteiger partial charge in [0.05, 0.1) is 5.69 Å². The van der Waals surface area contributed by atoms with Gasteiger partial charge in [0.15, 0.2) is 5.16 Å². The van der Waals surface area contributed by atoms with Gasteiger partial charge in [-0.1, -0.05) is 29.4 Å². The van der Waals surface area contributed by atoms with Crippen LogP contribution in [0.5, 0.6) is 0 Å². The van der Waals surface area contributed by atoms with E-state index in [4.69, 9.17) is 16.0 Å². The van der Waals surface area contributed by atoms with E-state index in [1.54, 1.807) is 12.1 Å². The van der Waals surface area contributed by atoms with Crippen molar-refractivity contribution < 1.29 is 9.21 Å². The number of aromatic nitrogens is 3. The van der Waals surface area contributed by atoms with Crippen molar-refractivity contribution in [2.45, 2.75) is 30.7 Å². The summed E-state index contributed by atoms with van der Waals surface area (Å²) in [6.45, 7) is 3.30. The monoisotopic (exact) mass is 495 g/mol. The lowest BCUT2D eigenvalue weighted by Crippen LogP contribution is -2.22. The maximum Gasteiger partial charge on any atom is 0.336 e. The molecule has 2 aromatic carbocycles. The largest absolute Gasteiger partial charge is 0.423 e. The number of nitrogens with one attached hydrogen (secondary N) is 1. The van der Waals surface area contributed by atoms with E-state index in [1.807, 2.05) is 34.9 Å². The van der Waals surface area contributed by atoms with Crippen molar-refractivity contribution in [3.8, 4) is 5.69 Å².